The molecule has 0 N–H and O–H groups in total. The van der Waals surface area contributed by atoms with E-state index >= 15 is 0 Å². The summed E-state index contributed by atoms with van der Waals surface area (Å²) in [6.45, 7) is 4.78. The first-order valence-electron chi connectivity index (χ1n) is 23.7. The summed E-state index contributed by atoms with van der Waals surface area (Å²) in [5.41, 5.74) is 16.8. The number of hydrogen-bond acceptors (Lipinski definition) is 4. The molecule has 2 heterocycles. The lowest BCUT2D eigenvalue weighted by molar-refractivity contribution is 0.645. The van der Waals surface area contributed by atoms with Crippen LogP contribution in [0.3, 0.4) is 0 Å². The van der Waals surface area contributed by atoms with Gasteiger partial charge in [0.15, 0.2) is 11.2 Å². The van der Waals surface area contributed by atoms with Crippen LogP contribution in [0.2, 0.25) is 0 Å². The Morgan fingerprint density at radius 1 is 0.333 bits per heavy atom. The van der Waals surface area contributed by atoms with Gasteiger partial charge in [0.25, 0.3) is 0 Å². The van der Waals surface area contributed by atoms with E-state index in [1.165, 1.54) is 43.8 Å². The number of furan rings is 2. The van der Waals surface area contributed by atoms with Gasteiger partial charge in [-0.3, -0.25) is 0 Å². The van der Waals surface area contributed by atoms with Crippen LogP contribution < -0.4 is 9.80 Å². The Morgan fingerprint density at radius 2 is 0.884 bits per heavy atom. The predicted octanol–water partition coefficient (Wildman–Crippen LogP) is 18.7. The number of benzene rings is 11. The molecule has 0 spiro atoms. The maximum Gasteiger partial charge on any atom is 0.159 e. The molecule has 0 aliphatic heterocycles. The van der Waals surface area contributed by atoms with Crippen molar-refractivity contribution in [3.63, 3.8) is 0 Å². The molecule has 0 bridgehead atoms. The smallest absolute Gasteiger partial charge is 0.159 e. The summed E-state index contributed by atoms with van der Waals surface area (Å²) in [6.07, 6.45) is 0. The van der Waals surface area contributed by atoms with Crippen LogP contribution in [0.25, 0.3) is 87.7 Å². The second-order valence-electron chi connectivity index (χ2n) is 18.8. The topological polar surface area (TPSA) is 32.8 Å². The standard InChI is InChI=1S/C65H44N2O2/c1-65(2)55-28-15-25-50-53-39-44(66(43-20-7-4-8-21-43)58-30-16-26-51-48-23-10-13-32-60(48)68-63(51)58)35-34-42(53)38-54(62(50)55)47-37-36-45(40-56(47)65)67(57-29-12-9-22-46(57)41-18-5-3-6-19-41)59-31-17-27-52-49-24-11-14-33-61(49)69-64(52)59/h3-40H,1-2H3. The van der Waals surface area contributed by atoms with Crippen molar-refractivity contribution in [1.29, 1.82) is 0 Å². The normalized spacial score (nSPS) is 12.9. The fourth-order valence-corrected chi connectivity index (χ4v) is 11.4. The molecule has 11 aromatic carbocycles. The molecule has 0 saturated carbocycles. The van der Waals surface area contributed by atoms with Gasteiger partial charge in [0.05, 0.1) is 17.1 Å². The molecule has 326 valence electrons. The number of nitrogens with zero attached hydrogens (tertiary/aromatic N) is 2. The lowest BCUT2D eigenvalue weighted by atomic mass is 9.68. The van der Waals surface area contributed by atoms with Gasteiger partial charge in [-0.25, -0.2) is 0 Å². The molecule has 0 fully saturated rings. The number of anilines is 6. The molecule has 0 atom stereocenters. The van der Waals surface area contributed by atoms with E-state index in [0.29, 0.717) is 0 Å². The summed E-state index contributed by atoms with van der Waals surface area (Å²) in [7, 11) is 0. The zero-order chi connectivity index (χ0) is 45.8. The van der Waals surface area contributed by atoms with Gasteiger partial charge < -0.3 is 18.6 Å². The maximum atomic E-state index is 6.79. The van der Waals surface area contributed by atoms with Crippen molar-refractivity contribution in [3.8, 4) is 22.3 Å². The third-order valence-corrected chi connectivity index (χ3v) is 14.6. The lowest BCUT2D eigenvalue weighted by Gasteiger charge is -2.37. The summed E-state index contributed by atoms with van der Waals surface area (Å²) < 4.78 is 13.4. The minimum Gasteiger partial charge on any atom is -0.454 e. The Hall–Kier alpha value is -8.86. The summed E-state index contributed by atoms with van der Waals surface area (Å²) in [5, 5.41) is 9.37. The van der Waals surface area contributed by atoms with Gasteiger partial charge in [-0.1, -0.05) is 172 Å². The summed E-state index contributed by atoms with van der Waals surface area (Å²) in [5.74, 6) is 0. The van der Waals surface area contributed by atoms with E-state index in [9.17, 15) is 0 Å². The van der Waals surface area contributed by atoms with E-state index in [4.69, 9.17) is 8.83 Å². The van der Waals surface area contributed by atoms with Crippen molar-refractivity contribution < 1.29 is 8.83 Å². The average Bonchev–Trinajstić information content (AvgIpc) is 3.99. The van der Waals surface area contributed by atoms with Gasteiger partial charge in [-0.15, -0.1) is 0 Å². The Labute approximate surface area is 399 Å². The van der Waals surface area contributed by atoms with Gasteiger partial charge in [0.2, 0.25) is 0 Å². The molecule has 69 heavy (non-hydrogen) atoms. The van der Waals surface area contributed by atoms with Crippen LogP contribution in [0.15, 0.2) is 239 Å². The number of fused-ring (bicyclic) bond motifs is 10. The zero-order valence-electron chi connectivity index (χ0n) is 38.2. The van der Waals surface area contributed by atoms with Gasteiger partial charge in [-0.05, 0) is 122 Å². The highest BCUT2D eigenvalue weighted by atomic mass is 16.3. The zero-order valence-corrected chi connectivity index (χ0v) is 38.2. The van der Waals surface area contributed by atoms with Crippen molar-refractivity contribution in [2.45, 2.75) is 19.3 Å². The highest BCUT2D eigenvalue weighted by molar-refractivity contribution is 6.18. The molecule has 0 amide bonds. The van der Waals surface area contributed by atoms with Gasteiger partial charge in [0, 0.05) is 49.6 Å². The third kappa shape index (κ3) is 5.95. The first-order chi connectivity index (χ1) is 34.0. The Morgan fingerprint density at radius 3 is 1.61 bits per heavy atom. The molecular weight excluding hydrogens is 841 g/mol. The maximum absolute atomic E-state index is 6.79. The van der Waals surface area contributed by atoms with E-state index in [2.05, 4.69) is 242 Å². The van der Waals surface area contributed by atoms with Crippen molar-refractivity contribution in [3.05, 3.63) is 242 Å². The van der Waals surface area contributed by atoms with Gasteiger partial charge >= 0.3 is 0 Å². The number of rotatable bonds is 7. The SMILES string of the molecule is CC1(C)c2cc(N(c3ccccc3-c3ccccc3)c3cccc4c3oc3ccccc34)ccc2-c2cc3ccc(N(c4ccccc4)c4cccc5c4oc4ccccc45)cc3c3cccc1c23. The van der Waals surface area contributed by atoms with E-state index in [0.717, 1.165) is 89.1 Å². The monoisotopic (exact) mass is 884 g/mol. The number of para-hydroxylation sites is 6. The molecule has 1 aliphatic rings. The molecule has 14 rings (SSSR count). The van der Waals surface area contributed by atoms with E-state index < -0.39 is 0 Å². The summed E-state index contributed by atoms with van der Waals surface area (Å²) in [4.78, 5) is 4.75. The Bertz CT molecular complexity index is 4180. The van der Waals surface area contributed by atoms with E-state index in [1.807, 2.05) is 12.1 Å². The van der Waals surface area contributed by atoms with Crippen molar-refractivity contribution in [2.75, 3.05) is 9.80 Å². The summed E-state index contributed by atoms with van der Waals surface area (Å²) >= 11 is 0. The molecule has 4 heteroatoms. The number of hydrogen-bond donors (Lipinski definition) is 0. The largest absolute Gasteiger partial charge is 0.454 e. The van der Waals surface area contributed by atoms with Crippen LogP contribution in [0.1, 0.15) is 25.0 Å². The molecular formula is C65H44N2O2. The van der Waals surface area contributed by atoms with Crippen LogP contribution in [-0.4, -0.2) is 0 Å². The quantitative estimate of drug-likeness (QED) is 0.149. The molecule has 0 saturated heterocycles. The highest BCUT2D eigenvalue weighted by Crippen LogP contribution is 2.54. The minimum absolute atomic E-state index is 0.341. The van der Waals surface area contributed by atoms with Crippen molar-refractivity contribution >= 4 is 99.5 Å². The van der Waals surface area contributed by atoms with Crippen LogP contribution >= 0.6 is 0 Å². The predicted molar refractivity (Wildman–Crippen MR) is 288 cm³/mol. The Kier molecular flexibility index (Phi) is 8.59. The van der Waals surface area contributed by atoms with Crippen molar-refractivity contribution in [2.24, 2.45) is 0 Å². The third-order valence-electron chi connectivity index (χ3n) is 14.6. The second kappa shape index (κ2) is 15.1. The van der Waals surface area contributed by atoms with Crippen LogP contribution in [0.4, 0.5) is 34.1 Å². The highest BCUT2D eigenvalue weighted by Gasteiger charge is 2.35. The fraction of sp³-hybridized carbons (Fsp3) is 0.0462. The molecule has 1 aliphatic carbocycles. The molecule has 2 aromatic heterocycles. The molecule has 0 radical (unpaired) electrons. The van der Waals surface area contributed by atoms with Crippen LogP contribution in [0.5, 0.6) is 0 Å². The van der Waals surface area contributed by atoms with Crippen molar-refractivity contribution in [1.82, 2.24) is 0 Å². The fourth-order valence-electron chi connectivity index (χ4n) is 11.4. The van der Waals surface area contributed by atoms with Crippen LogP contribution in [-0.2, 0) is 5.41 Å². The molecule has 0 unspecified atom stereocenters. The summed E-state index contributed by atoms with van der Waals surface area (Å²) in [6, 6.07) is 83.1. The first kappa shape index (κ1) is 39.3. The Balaban J connectivity index is 0.965. The second-order valence-corrected chi connectivity index (χ2v) is 18.8. The van der Waals surface area contributed by atoms with E-state index in [1.54, 1.807) is 0 Å². The average molecular weight is 885 g/mol. The van der Waals surface area contributed by atoms with E-state index in [-0.39, 0.29) is 5.41 Å². The lowest BCUT2D eigenvalue weighted by Crippen LogP contribution is -2.24. The van der Waals surface area contributed by atoms with Gasteiger partial charge in [-0.2, -0.15) is 0 Å². The van der Waals surface area contributed by atoms with Gasteiger partial charge in [0.1, 0.15) is 11.2 Å². The molecule has 13 aromatic rings. The molecule has 4 nitrogen and oxygen atoms in total. The first-order valence-corrected chi connectivity index (χ1v) is 23.7. The van der Waals surface area contributed by atoms with Crippen LogP contribution in [0, 0.1) is 0 Å². The minimum atomic E-state index is -0.341.